The van der Waals surface area contributed by atoms with Gasteiger partial charge in [0.25, 0.3) is 0 Å². The van der Waals surface area contributed by atoms with Gasteiger partial charge in [-0.3, -0.25) is 5.32 Å². The number of anilines is 1. The molecule has 4 nitrogen and oxygen atoms in total. The summed E-state index contributed by atoms with van der Waals surface area (Å²) in [5.74, 6) is 0. The Morgan fingerprint density at radius 1 is 1.26 bits per heavy atom. The van der Waals surface area contributed by atoms with E-state index in [0.29, 0.717) is 12.3 Å². The third-order valence-electron chi connectivity index (χ3n) is 2.72. The zero-order valence-electron chi connectivity index (χ0n) is 11.1. The summed E-state index contributed by atoms with van der Waals surface area (Å²) in [7, 11) is 0. The van der Waals surface area contributed by atoms with E-state index in [4.69, 9.17) is 4.74 Å². The summed E-state index contributed by atoms with van der Waals surface area (Å²) in [5.41, 5.74) is 0.676. The molecule has 1 aromatic rings. The molecule has 0 bridgehead atoms. The van der Waals surface area contributed by atoms with Crippen molar-refractivity contribution in [3.63, 3.8) is 0 Å². The molecule has 1 rings (SSSR count). The minimum absolute atomic E-state index is 0.385. The maximum atomic E-state index is 11.7. The summed E-state index contributed by atoms with van der Waals surface area (Å²) >= 11 is 6.76. The van der Waals surface area contributed by atoms with E-state index in [1.807, 2.05) is 18.2 Å². The lowest BCUT2D eigenvalue weighted by Gasteiger charge is -2.17. The van der Waals surface area contributed by atoms with Crippen LogP contribution in [0.1, 0.15) is 13.8 Å². The van der Waals surface area contributed by atoms with E-state index in [0.717, 1.165) is 28.6 Å². The molecule has 0 unspecified atom stereocenters. The number of nitrogens with zero attached hydrogens (tertiary/aromatic N) is 1. The first-order chi connectivity index (χ1) is 9.08. The van der Waals surface area contributed by atoms with E-state index in [9.17, 15) is 4.79 Å². The topological polar surface area (TPSA) is 41.6 Å². The van der Waals surface area contributed by atoms with Gasteiger partial charge in [0, 0.05) is 15.5 Å². The highest BCUT2D eigenvalue weighted by Crippen LogP contribution is 2.30. The highest BCUT2D eigenvalue weighted by Gasteiger charge is 2.10. The van der Waals surface area contributed by atoms with Crippen LogP contribution in [0.15, 0.2) is 27.1 Å². The molecule has 0 spiro atoms. The molecular formula is C13H18Br2N2O2. The predicted octanol–water partition coefficient (Wildman–Crippen LogP) is 4.10. The first-order valence-electron chi connectivity index (χ1n) is 6.18. The van der Waals surface area contributed by atoms with Crippen molar-refractivity contribution >= 4 is 43.6 Å². The number of hydrogen-bond donors (Lipinski definition) is 1. The fourth-order valence-electron chi connectivity index (χ4n) is 1.56. The van der Waals surface area contributed by atoms with E-state index >= 15 is 0 Å². The van der Waals surface area contributed by atoms with Crippen LogP contribution in [0.3, 0.4) is 0 Å². The van der Waals surface area contributed by atoms with Crippen LogP contribution in [0.25, 0.3) is 0 Å². The Kier molecular flexibility index (Phi) is 7.41. The van der Waals surface area contributed by atoms with Gasteiger partial charge in [0.05, 0.1) is 5.69 Å². The minimum Gasteiger partial charge on any atom is -0.448 e. The number of halogens is 2. The molecule has 0 fully saturated rings. The third-order valence-corrected chi connectivity index (χ3v) is 4.05. The standard InChI is InChI=1S/C13H18Br2N2O2/c1-3-17(4-2)8-9-19-13(18)16-12-10(14)6-5-7-11(12)15/h5-7H,3-4,8-9H2,1-2H3,(H,16,18). The van der Waals surface area contributed by atoms with Crippen LogP contribution >= 0.6 is 31.9 Å². The molecule has 0 saturated heterocycles. The Bertz CT molecular complexity index is 403. The van der Waals surface area contributed by atoms with Gasteiger partial charge in [-0.25, -0.2) is 4.79 Å². The number of rotatable bonds is 6. The lowest BCUT2D eigenvalue weighted by atomic mass is 10.3. The number of hydrogen-bond acceptors (Lipinski definition) is 3. The van der Waals surface area contributed by atoms with Gasteiger partial charge in [0.1, 0.15) is 6.61 Å². The van der Waals surface area contributed by atoms with E-state index in [1.54, 1.807) is 0 Å². The van der Waals surface area contributed by atoms with Gasteiger partial charge in [-0.15, -0.1) is 0 Å². The summed E-state index contributed by atoms with van der Waals surface area (Å²) in [5, 5.41) is 2.71. The van der Waals surface area contributed by atoms with Gasteiger partial charge < -0.3 is 9.64 Å². The largest absolute Gasteiger partial charge is 0.448 e. The maximum Gasteiger partial charge on any atom is 0.411 e. The van der Waals surface area contributed by atoms with Gasteiger partial charge in [-0.2, -0.15) is 0 Å². The molecule has 0 radical (unpaired) electrons. The van der Waals surface area contributed by atoms with Crippen LogP contribution < -0.4 is 5.32 Å². The molecule has 0 saturated carbocycles. The van der Waals surface area contributed by atoms with Crippen molar-refractivity contribution in [1.29, 1.82) is 0 Å². The van der Waals surface area contributed by atoms with Crippen molar-refractivity contribution in [2.45, 2.75) is 13.8 Å². The van der Waals surface area contributed by atoms with E-state index in [2.05, 4.69) is 55.9 Å². The van der Waals surface area contributed by atoms with Crippen LogP contribution in [0.4, 0.5) is 10.5 Å². The molecule has 1 N–H and O–H groups in total. The van der Waals surface area contributed by atoms with Crippen molar-refractivity contribution < 1.29 is 9.53 Å². The summed E-state index contributed by atoms with van der Waals surface area (Å²) in [4.78, 5) is 13.9. The van der Waals surface area contributed by atoms with Crippen molar-refractivity contribution in [1.82, 2.24) is 4.90 Å². The second-order valence-corrected chi connectivity index (χ2v) is 5.59. The third kappa shape index (κ3) is 5.50. The van der Waals surface area contributed by atoms with Crippen LogP contribution in [0.5, 0.6) is 0 Å². The fraction of sp³-hybridized carbons (Fsp3) is 0.462. The van der Waals surface area contributed by atoms with Crippen LogP contribution in [0, 0.1) is 0 Å². The predicted molar refractivity (Wildman–Crippen MR) is 84.6 cm³/mol. The van der Waals surface area contributed by atoms with Crippen LogP contribution in [-0.4, -0.2) is 37.2 Å². The van der Waals surface area contributed by atoms with Gasteiger partial charge >= 0.3 is 6.09 Å². The molecule has 0 aliphatic heterocycles. The van der Waals surface area contributed by atoms with E-state index < -0.39 is 6.09 Å². The number of carbonyl (C=O) groups is 1. The maximum absolute atomic E-state index is 11.7. The molecule has 1 aromatic carbocycles. The monoisotopic (exact) mass is 392 g/mol. The highest BCUT2D eigenvalue weighted by atomic mass is 79.9. The van der Waals surface area contributed by atoms with Crippen LogP contribution in [-0.2, 0) is 4.74 Å². The minimum atomic E-state index is -0.445. The summed E-state index contributed by atoms with van der Waals surface area (Å²) < 4.78 is 6.77. The fourth-order valence-corrected chi connectivity index (χ4v) is 2.76. The Morgan fingerprint density at radius 3 is 2.37 bits per heavy atom. The number of benzene rings is 1. The van der Waals surface area contributed by atoms with E-state index in [-0.39, 0.29) is 0 Å². The molecule has 0 heterocycles. The van der Waals surface area contributed by atoms with Crippen molar-refractivity contribution in [2.75, 3.05) is 31.6 Å². The normalized spacial score (nSPS) is 10.6. The molecule has 0 aliphatic rings. The van der Waals surface area contributed by atoms with E-state index in [1.165, 1.54) is 0 Å². The quantitative estimate of drug-likeness (QED) is 0.790. The smallest absolute Gasteiger partial charge is 0.411 e. The number of para-hydroxylation sites is 1. The SMILES string of the molecule is CCN(CC)CCOC(=O)Nc1c(Br)cccc1Br. The lowest BCUT2D eigenvalue weighted by molar-refractivity contribution is 0.142. The Balaban J connectivity index is 2.43. The molecule has 0 aliphatic carbocycles. The summed E-state index contributed by atoms with van der Waals surface area (Å²) in [6.45, 7) is 7.21. The molecule has 0 atom stereocenters. The van der Waals surface area contributed by atoms with Gasteiger partial charge in [0.2, 0.25) is 0 Å². The summed E-state index contributed by atoms with van der Waals surface area (Å²) in [6, 6.07) is 5.59. The average molecular weight is 394 g/mol. The van der Waals surface area contributed by atoms with Crippen LogP contribution in [0.2, 0.25) is 0 Å². The zero-order chi connectivity index (χ0) is 14.3. The Labute approximate surface area is 130 Å². The summed E-state index contributed by atoms with van der Waals surface area (Å²) in [6.07, 6.45) is -0.445. The number of ether oxygens (including phenoxy) is 1. The number of nitrogens with one attached hydrogen (secondary N) is 1. The number of carbonyl (C=O) groups excluding carboxylic acids is 1. The molecule has 19 heavy (non-hydrogen) atoms. The first-order valence-corrected chi connectivity index (χ1v) is 7.77. The molecular weight excluding hydrogens is 376 g/mol. The highest BCUT2D eigenvalue weighted by molar-refractivity contribution is 9.11. The number of amides is 1. The number of likely N-dealkylation sites (N-methyl/N-ethyl adjacent to an activating group) is 1. The average Bonchev–Trinajstić information content (AvgIpc) is 2.39. The van der Waals surface area contributed by atoms with Gasteiger partial charge in [-0.1, -0.05) is 19.9 Å². The van der Waals surface area contributed by atoms with Gasteiger partial charge in [-0.05, 0) is 57.1 Å². The zero-order valence-corrected chi connectivity index (χ0v) is 14.3. The second kappa shape index (κ2) is 8.55. The molecule has 1 amide bonds. The lowest BCUT2D eigenvalue weighted by Crippen LogP contribution is -2.28. The Hall–Kier alpha value is -0.590. The molecule has 106 valence electrons. The first kappa shape index (κ1) is 16.5. The van der Waals surface area contributed by atoms with Crippen molar-refractivity contribution in [2.24, 2.45) is 0 Å². The van der Waals surface area contributed by atoms with Gasteiger partial charge in [0.15, 0.2) is 0 Å². The second-order valence-electron chi connectivity index (χ2n) is 3.88. The molecule has 0 aromatic heterocycles. The van der Waals surface area contributed by atoms with Crippen molar-refractivity contribution in [3.05, 3.63) is 27.1 Å². The molecule has 6 heteroatoms. The van der Waals surface area contributed by atoms with Crippen molar-refractivity contribution in [3.8, 4) is 0 Å². The Morgan fingerprint density at radius 2 is 1.84 bits per heavy atom.